The standard InChI is InChI=1S/C20H17NO2S/c1-12-3-7-14(8-4-12)16-11-17(15-9-5-13(2)6-10-15)23-19-18(16)24-20(22)21-19/h3-11,16H,1-2H3,(H,21,22). The molecular weight excluding hydrogens is 318 g/mol. The molecule has 4 heteroatoms. The number of aryl methyl sites for hydroxylation is 2. The van der Waals surface area contributed by atoms with Gasteiger partial charge in [-0.25, -0.2) is 0 Å². The van der Waals surface area contributed by atoms with Crippen molar-refractivity contribution in [3.63, 3.8) is 0 Å². The molecule has 4 rings (SSSR count). The predicted molar refractivity (Wildman–Crippen MR) is 97.7 cm³/mol. The Morgan fingerprint density at radius 1 is 0.958 bits per heavy atom. The van der Waals surface area contributed by atoms with Crippen molar-refractivity contribution in [3.8, 4) is 5.88 Å². The van der Waals surface area contributed by atoms with Gasteiger partial charge >= 0.3 is 4.87 Å². The van der Waals surface area contributed by atoms with Gasteiger partial charge < -0.3 is 4.74 Å². The molecule has 0 bridgehead atoms. The van der Waals surface area contributed by atoms with Gasteiger partial charge in [-0.15, -0.1) is 0 Å². The van der Waals surface area contributed by atoms with Gasteiger partial charge in [-0.1, -0.05) is 71.0 Å². The van der Waals surface area contributed by atoms with Crippen molar-refractivity contribution >= 4 is 17.1 Å². The Kier molecular flexibility index (Phi) is 3.62. The highest BCUT2D eigenvalue weighted by Gasteiger charge is 2.27. The second-order valence-electron chi connectivity index (χ2n) is 6.10. The van der Waals surface area contributed by atoms with Crippen LogP contribution in [0, 0.1) is 13.8 Å². The minimum absolute atomic E-state index is 0.0228. The van der Waals surface area contributed by atoms with Crippen LogP contribution in [0.15, 0.2) is 59.4 Å². The van der Waals surface area contributed by atoms with Crippen LogP contribution in [0.4, 0.5) is 0 Å². The highest BCUT2D eigenvalue weighted by molar-refractivity contribution is 7.09. The number of allylic oxidation sites excluding steroid dienone is 1. The summed E-state index contributed by atoms with van der Waals surface area (Å²) in [6.07, 6.45) is 2.10. The molecule has 0 fully saturated rings. The molecule has 0 saturated carbocycles. The smallest absolute Gasteiger partial charge is 0.307 e. The van der Waals surface area contributed by atoms with Gasteiger partial charge in [0.15, 0.2) is 0 Å². The first-order valence-electron chi connectivity index (χ1n) is 7.86. The molecule has 0 aliphatic carbocycles. The summed E-state index contributed by atoms with van der Waals surface area (Å²) in [5, 5.41) is 0. The van der Waals surface area contributed by atoms with Gasteiger partial charge in [-0.05, 0) is 25.5 Å². The number of hydrogen-bond acceptors (Lipinski definition) is 3. The maximum absolute atomic E-state index is 11.8. The summed E-state index contributed by atoms with van der Waals surface area (Å²) in [5.74, 6) is 1.37. The first-order valence-corrected chi connectivity index (χ1v) is 8.68. The number of fused-ring (bicyclic) bond motifs is 1. The first-order chi connectivity index (χ1) is 11.6. The van der Waals surface area contributed by atoms with Crippen LogP contribution < -0.4 is 9.61 Å². The fourth-order valence-corrected chi connectivity index (χ4v) is 3.73. The monoisotopic (exact) mass is 335 g/mol. The zero-order valence-electron chi connectivity index (χ0n) is 13.5. The van der Waals surface area contributed by atoms with Crippen LogP contribution in [-0.4, -0.2) is 4.98 Å². The van der Waals surface area contributed by atoms with Crippen LogP contribution in [0.3, 0.4) is 0 Å². The zero-order chi connectivity index (χ0) is 16.7. The van der Waals surface area contributed by atoms with E-state index in [1.165, 1.54) is 22.5 Å². The zero-order valence-corrected chi connectivity index (χ0v) is 14.3. The number of benzene rings is 2. The molecule has 24 heavy (non-hydrogen) atoms. The number of H-pyrrole nitrogens is 1. The van der Waals surface area contributed by atoms with Crippen molar-refractivity contribution in [2.75, 3.05) is 0 Å². The van der Waals surface area contributed by atoms with Gasteiger partial charge in [-0.3, -0.25) is 9.78 Å². The third-order valence-corrected chi connectivity index (χ3v) is 5.17. The van der Waals surface area contributed by atoms with Crippen molar-refractivity contribution in [2.45, 2.75) is 19.8 Å². The van der Waals surface area contributed by atoms with Crippen LogP contribution in [0.5, 0.6) is 5.88 Å². The molecule has 1 aliphatic rings. The Bertz CT molecular complexity index is 962. The van der Waals surface area contributed by atoms with E-state index < -0.39 is 0 Å². The Balaban J connectivity index is 1.83. The quantitative estimate of drug-likeness (QED) is 0.742. The fourth-order valence-electron chi connectivity index (χ4n) is 2.87. The second-order valence-corrected chi connectivity index (χ2v) is 7.11. The molecule has 0 radical (unpaired) electrons. The Morgan fingerprint density at radius 2 is 1.58 bits per heavy atom. The molecule has 0 spiro atoms. The van der Waals surface area contributed by atoms with Gasteiger partial charge in [0, 0.05) is 11.5 Å². The van der Waals surface area contributed by atoms with E-state index in [2.05, 4.69) is 61.3 Å². The average molecular weight is 335 g/mol. The number of nitrogens with one attached hydrogen (secondary N) is 1. The largest absolute Gasteiger partial charge is 0.439 e. The van der Waals surface area contributed by atoms with E-state index in [1.807, 2.05) is 12.1 Å². The SMILES string of the molecule is Cc1ccc(C2=CC(c3ccc(C)cc3)c3sc(=O)[nH]c3O2)cc1. The van der Waals surface area contributed by atoms with Crippen LogP contribution in [0.25, 0.3) is 5.76 Å². The number of ether oxygens (including phenoxy) is 1. The summed E-state index contributed by atoms with van der Waals surface area (Å²) in [5.41, 5.74) is 4.59. The first kappa shape index (κ1) is 15.0. The number of hydrogen-bond donors (Lipinski definition) is 1. The lowest BCUT2D eigenvalue weighted by atomic mass is 9.93. The van der Waals surface area contributed by atoms with Crippen molar-refractivity contribution in [2.24, 2.45) is 0 Å². The van der Waals surface area contributed by atoms with Crippen molar-refractivity contribution in [1.29, 1.82) is 0 Å². The van der Waals surface area contributed by atoms with Gasteiger partial charge in [-0.2, -0.15) is 0 Å². The highest BCUT2D eigenvalue weighted by atomic mass is 32.1. The number of aromatic nitrogens is 1. The topological polar surface area (TPSA) is 42.1 Å². The fraction of sp³-hybridized carbons (Fsp3) is 0.150. The van der Waals surface area contributed by atoms with Crippen molar-refractivity contribution < 1.29 is 4.74 Å². The Hall–Kier alpha value is -2.59. The summed E-state index contributed by atoms with van der Waals surface area (Å²) >= 11 is 1.22. The van der Waals surface area contributed by atoms with Gasteiger partial charge in [0.1, 0.15) is 5.76 Å². The third-order valence-electron chi connectivity index (χ3n) is 4.23. The molecular formula is C20H17NO2S. The maximum atomic E-state index is 11.8. The molecule has 1 N–H and O–H groups in total. The normalized spacial score (nSPS) is 16.2. The molecule has 1 unspecified atom stereocenters. The molecule has 0 saturated heterocycles. The van der Waals surface area contributed by atoms with Crippen LogP contribution in [0.1, 0.15) is 33.0 Å². The van der Waals surface area contributed by atoms with E-state index in [4.69, 9.17) is 4.74 Å². The molecule has 1 aliphatic heterocycles. The number of thiazole rings is 1. The van der Waals surface area contributed by atoms with E-state index in [-0.39, 0.29) is 10.8 Å². The van der Waals surface area contributed by atoms with Gasteiger partial charge in [0.05, 0.1) is 4.88 Å². The minimum atomic E-state index is -0.0873. The average Bonchev–Trinajstić information content (AvgIpc) is 2.95. The van der Waals surface area contributed by atoms with E-state index in [0.29, 0.717) is 5.88 Å². The van der Waals surface area contributed by atoms with Crippen LogP contribution in [-0.2, 0) is 0 Å². The number of aromatic amines is 1. The lowest BCUT2D eigenvalue weighted by Crippen LogP contribution is -2.09. The van der Waals surface area contributed by atoms with Crippen LogP contribution >= 0.6 is 11.3 Å². The molecule has 3 aromatic rings. The van der Waals surface area contributed by atoms with Crippen molar-refractivity contribution in [1.82, 2.24) is 4.98 Å². The lowest BCUT2D eigenvalue weighted by Gasteiger charge is -2.22. The van der Waals surface area contributed by atoms with Gasteiger partial charge in [0.25, 0.3) is 0 Å². The van der Waals surface area contributed by atoms with E-state index in [9.17, 15) is 4.79 Å². The second kappa shape index (κ2) is 5.80. The van der Waals surface area contributed by atoms with Crippen molar-refractivity contribution in [3.05, 3.63) is 91.4 Å². The third kappa shape index (κ3) is 2.69. The van der Waals surface area contributed by atoms with E-state index in [1.54, 1.807) is 0 Å². The van der Waals surface area contributed by atoms with E-state index >= 15 is 0 Å². The molecule has 120 valence electrons. The molecule has 0 amide bonds. The predicted octanol–water partition coefficient (Wildman–Crippen LogP) is 4.62. The van der Waals surface area contributed by atoms with E-state index in [0.717, 1.165) is 21.8 Å². The van der Waals surface area contributed by atoms with Gasteiger partial charge in [0.2, 0.25) is 5.88 Å². The molecule has 3 nitrogen and oxygen atoms in total. The summed E-state index contributed by atoms with van der Waals surface area (Å²) < 4.78 is 5.97. The summed E-state index contributed by atoms with van der Waals surface area (Å²) in [4.78, 5) is 15.5. The molecule has 2 aromatic carbocycles. The molecule has 1 atom stereocenters. The highest BCUT2D eigenvalue weighted by Crippen LogP contribution is 2.41. The van der Waals surface area contributed by atoms with Crippen LogP contribution in [0.2, 0.25) is 0 Å². The number of rotatable bonds is 2. The summed E-state index contributed by atoms with van der Waals surface area (Å²) in [7, 11) is 0. The lowest BCUT2D eigenvalue weighted by molar-refractivity contribution is 0.476. The maximum Gasteiger partial charge on any atom is 0.307 e. The summed E-state index contributed by atoms with van der Waals surface area (Å²) in [6, 6.07) is 16.6. The summed E-state index contributed by atoms with van der Waals surface area (Å²) in [6.45, 7) is 4.13. The minimum Gasteiger partial charge on any atom is -0.439 e. The molecule has 2 heterocycles. The molecule has 1 aromatic heterocycles. The Morgan fingerprint density at radius 3 is 2.25 bits per heavy atom. The Labute approximate surface area is 144 Å².